The molecule has 0 aliphatic rings. The van der Waals surface area contributed by atoms with Crippen molar-refractivity contribution in [3.63, 3.8) is 0 Å². The van der Waals surface area contributed by atoms with Gasteiger partial charge < -0.3 is 0 Å². The second kappa shape index (κ2) is 11.1. The molecule has 96 valence electrons. The molecule has 0 saturated heterocycles. The van der Waals surface area contributed by atoms with E-state index in [0.717, 1.165) is 17.6 Å². The van der Waals surface area contributed by atoms with Crippen molar-refractivity contribution in [3.05, 3.63) is 36.3 Å². The molecule has 0 N–H and O–H groups in total. The van der Waals surface area contributed by atoms with E-state index in [1.807, 2.05) is 45.9 Å². The molecule has 2 nitrogen and oxygen atoms in total. The molecule has 0 aliphatic carbocycles. The first-order chi connectivity index (χ1) is 7.92. The van der Waals surface area contributed by atoms with Crippen LogP contribution in [0.3, 0.4) is 0 Å². The van der Waals surface area contributed by atoms with E-state index in [1.54, 1.807) is 6.33 Å². The lowest BCUT2D eigenvalue weighted by molar-refractivity contribution is 1.03. The van der Waals surface area contributed by atoms with Gasteiger partial charge in [0.15, 0.2) is 0 Å². The highest BCUT2D eigenvalue weighted by molar-refractivity contribution is 5.80. The van der Waals surface area contributed by atoms with Crippen LogP contribution in [0.15, 0.2) is 30.6 Å². The molecule has 2 aromatic rings. The fourth-order valence-corrected chi connectivity index (χ4v) is 1.34. The van der Waals surface area contributed by atoms with Crippen LogP contribution in [-0.4, -0.2) is 9.97 Å². The van der Waals surface area contributed by atoms with Crippen LogP contribution < -0.4 is 0 Å². The minimum absolute atomic E-state index is 0. The number of para-hydroxylation sites is 1. The number of hydrogen-bond acceptors (Lipinski definition) is 2. The van der Waals surface area contributed by atoms with E-state index in [2.05, 4.69) is 23.0 Å². The Kier molecular flexibility index (Phi) is 11.7. The first-order valence-corrected chi connectivity index (χ1v) is 6.10. The Labute approximate surface area is 106 Å². The van der Waals surface area contributed by atoms with Gasteiger partial charge in [0, 0.05) is 5.39 Å². The molecule has 17 heavy (non-hydrogen) atoms. The van der Waals surface area contributed by atoms with Crippen molar-refractivity contribution >= 4 is 10.9 Å². The van der Waals surface area contributed by atoms with Crippen molar-refractivity contribution in [1.29, 1.82) is 0 Å². The molecule has 0 radical (unpaired) electrons. The quantitative estimate of drug-likeness (QED) is 0.702. The molecule has 0 spiro atoms. The van der Waals surface area contributed by atoms with Crippen LogP contribution in [0, 0.1) is 0 Å². The second-order valence-corrected chi connectivity index (χ2v) is 2.69. The average molecular weight is 234 g/mol. The third-order valence-corrected chi connectivity index (χ3v) is 1.96. The highest BCUT2D eigenvalue weighted by Gasteiger charge is 1.98. The number of aromatic nitrogens is 2. The van der Waals surface area contributed by atoms with Gasteiger partial charge in [-0.25, -0.2) is 9.97 Å². The van der Waals surface area contributed by atoms with E-state index in [-0.39, 0.29) is 7.43 Å². The van der Waals surface area contributed by atoms with Gasteiger partial charge in [-0.2, -0.15) is 0 Å². The van der Waals surface area contributed by atoms with E-state index in [4.69, 9.17) is 0 Å². The summed E-state index contributed by atoms with van der Waals surface area (Å²) in [5, 5.41) is 1.17. The van der Waals surface area contributed by atoms with Crippen molar-refractivity contribution in [2.45, 2.75) is 48.5 Å². The van der Waals surface area contributed by atoms with Gasteiger partial charge in [0.2, 0.25) is 0 Å². The van der Waals surface area contributed by atoms with Crippen LogP contribution in [0.5, 0.6) is 0 Å². The summed E-state index contributed by atoms with van der Waals surface area (Å²) in [4.78, 5) is 8.39. The number of rotatable bonds is 1. The number of hydrogen-bond donors (Lipinski definition) is 0. The third-order valence-electron chi connectivity index (χ3n) is 1.96. The highest BCUT2D eigenvalue weighted by atomic mass is 14.8. The van der Waals surface area contributed by atoms with Gasteiger partial charge in [-0.05, 0) is 12.5 Å². The SMILES string of the molecule is C.CC.CC.CCc1ncnc2ccccc12. The summed E-state index contributed by atoms with van der Waals surface area (Å²) in [6.45, 7) is 10.1. The average Bonchev–Trinajstić information content (AvgIpc) is 2.42. The van der Waals surface area contributed by atoms with E-state index in [9.17, 15) is 0 Å². The molecule has 1 aromatic heterocycles. The molecule has 0 fully saturated rings. The number of benzene rings is 1. The highest BCUT2D eigenvalue weighted by Crippen LogP contribution is 2.13. The first kappa shape index (κ1) is 17.9. The molecular formula is C15H26N2. The van der Waals surface area contributed by atoms with Gasteiger partial charge >= 0.3 is 0 Å². The molecule has 0 atom stereocenters. The molecule has 0 unspecified atom stereocenters. The van der Waals surface area contributed by atoms with Gasteiger partial charge in [0.05, 0.1) is 11.2 Å². The zero-order valence-electron chi connectivity index (χ0n) is 11.0. The zero-order valence-corrected chi connectivity index (χ0v) is 11.0. The Morgan fingerprint density at radius 2 is 1.53 bits per heavy atom. The lowest BCUT2D eigenvalue weighted by Crippen LogP contribution is -1.90. The summed E-state index contributed by atoms with van der Waals surface area (Å²) in [6.07, 6.45) is 2.59. The minimum Gasteiger partial charge on any atom is -0.241 e. The van der Waals surface area contributed by atoms with E-state index >= 15 is 0 Å². The Morgan fingerprint density at radius 1 is 0.941 bits per heavy atom. The number of fused-ring (bicyclic) bond motifs is 1. The van der Waals surface area contributed by atoms with Gasteiger partial charge in [0.1, 0.15) is 6.33 Å². The Balaban J connectivity index is 0. The lowest BCUT2D eigenvalue weighted by atomic mass is 10.1. The fraction of sp³-hybridized carbons (Fsp3) is 0.467. The smallest absolute Gasteiger partial charge is 0.116 e. The summed E-state index contributed by atoms with van der Waals surface area (Å²) in [5.41, 5.74) is 2.16. The minimum atomic E-state index is 0. The molecule has 1 heterocycles. The van der Waals surface area contributed by atoms with E-state index in [0.29, 0.717) is 0 Å². The molecular weight excluding hydrogens is 208 g/mol. The van der Waals surface area contributed by atoms with Crippen molar-refractivity contribution < 1.29 is 0 Å². The molecule has 0 aliphatic heterocycles. The summed E-state index contributed by atoms with van der Waals surface area (Å²) in [6, 6.07) is 8.09. The van der Waals surface area contributed by atoms with Gasteiger partial charge in [-0.3, -0.25) is 0 Å². The maximum absolute atomic E-state index is 4.21. The molecule has 1 aromatic carbocycles. The van der Waals surface area contributed by atoms with Gasteiger partial charge in [-0.15, -0.1) is 0 Å². The van der Waals surface area contributed by atoms with Crippen LogP contribution in [0.2, 0.25) is 0 Å². The molecule has 0 bridgehead atoms. The molecule has 0 amide bonds. The van der Waals surface area contributed by atoms with Crippen LogP contribution in [-0.2, 0) is 6.42 Å². The van der Waals surface area contributed by atoms with Gasteiger partial charge in [0.25, 0.3) is 0 Å². The molecule has 2 rings (SSSR count). The summed E-state index contributed by atoms with van der Waals surface area (Å²) in [7, 11) is 0. The Bertz CT molecular complexity index is 392. The van der Waals surface area contributed by atoms with Gasteiger partial charge in [-0.1, -0.05) is 60.2 Å². The molecule has 0 saturated carbocycles. The molecule has 2 heteroatoms. The van der Waals surface area contributed by atoms with Crippen LogP contribution >= 0.6 is 0 Å². The number of aryl methyl sites for hydroxylation is 1. The summed E-state index contributed by atoms with van der Waals surface area (Å²) in [5.74, 6) is 0. The normalized spacial score (nSPS) is 8.06. The van der Waals surface area contributed by atoms with Crippen LogP contribution in [0.25, 0.3) is 10.9 Å². The standard InChI is InChI=1S/C10H10N2.2C2H6.CH4/c1-2-9-8-5-3-4-6-10(8)12-7-11-9;2*1-2;/h3-7H,2H2,1H3;2*1-2H3;1H4. The maximum Gasteiger partial charge on any atom is 0.116 e. The Morgan fingerprint density at radius 3 is 2.12 bits per heavy atom. The largest absolute Gasteiger partial charge is 0.241 e. The van der Waals surface area contributed by atoms with Crippen LogP contribution in [0.1, 0.15) is 47.7 Å². The van der Waals surface area contributed by atoms with E-state index in [1.165, 1.54) is 5.39 Å². The Hall–Kier alpha value is -1.44. The predicted molar refractivity (Wildman–Crippen MR) is 78.3 cm³/mol. The van der Waals surface area contributed by atoms with Crippen molar-refractivity contribution in [1.82, 2.24) is 9.97 Å². The topological polar surface area (TPSA) is 25.8 Å². The third kappa shape index (κ3) is 4.94. The second-order valence-electron chi connectivity index (χ2n) is 2.69. The maximum atomic E-state index is 4.21. The summed E-state index contributed by atoms with van der Waals surface area (Å²) >= 11 is 0. The van der Waals surface area contributed by atoms with Crippen LogP contribution in [0.4, 0.5) is 0 Å². The monoisotopic (exact) mass is 234 g/mol. The number of nitrogens with zero attached hydrogens (tertiary/aromatic N) is 2. The van der Waals surface area contributed by atoms with Crippen molar-refractivity contribution in [2.24, 2.45) is 0 Å². The lowest BCUT2D eigenvalue weighted by Gasteiger charge is -2.00. The van der Waals surface area contributed by atoms with Crippen molar-refractivity contribution in [2.75, 3.05) is 0 Å². The fourth-order valence-electron chi connectivity index (χ4n) is 1.34. The first-order valence-electron chi connectivity index (χ1n) is 6.10. The van der Waals surface area contributed by atoms with Crippen molar-refractivity contribution in [3.8, 4) is 0 Å². The summed E-state index contributed by atoms with van der Waals surface area (Å²) < 4.78 is 0. The van der Waals surface area contributed by atoms with E-state index < -0.39 is 0 Å². The predicted octanol–water partition coefficient (Wildman–Crippen LogP) is 4.88. The zero-order chi connectivity index (χ0) is 12.4.